The second-order valence-electron chi connectivity index (χ2n) is 3.71. The first-order valence-corrected chi connectivity index (χ1v) is 5.42. The van der Waals surface area contributed by atoms with E-state index in [0.717, 1.165) is 12.3 Å². The van der Waals surface area contributed by atoms with E-state index in [0.29, 0.717) is 19.7 Å². The molecule has 1 heterocycles. The Morgan fingerprint density at radius 1 is 1.50 bits per heavy atom. The summed E-state index contributed by atoms with van der Waals surface area (Å²) in [5.41, 5.74) is 5.26. The summed E-state index contributed by atoms with van der Waals surface area (Å²) >= 11 is 0. The standard InChI is InChI=1S/C11H16F2N4O/c1-18-5-4-17(3-2-10(14)15)11-9(13)6-8(12)7-16-11/h6-7H,2-5H2,1H3,(H3,14,15). The van der Waals surface area contributed by atoms with Gasteiger partial charge in [0.05, 0.1) is 18.6 Å². The molecule has 100 valence electrons. The topological polar surface area (TPSA) is 75.2 Å². The third-order valence-electron chi connectivity index (χ3n) is 2.30. The van der Waals surface area contributed by atoms with Crippen LogP contribution >= 0.6 is 0 Å². The summed E-state index contributed by atoms with van der Waals surface area (Å²) in [6.45, 7) is 1.09. The SMILES string of the molecule is COCCN(CCC(=N)N)c1ncc(F)cc1F. The average molecular weight is 258 g/mol. The number of halogens is 2. The van der Waals surface area contributed by atoms with Crippen LogP contribution in [0.4, 0.5) is 14.6 Å². The highest BCUT2D eigenvalue weighted by Gasteiger charge is 2.14. The molecule has 5 nitrogen and oxygen atoms in total. The molecular weight excluding hydrogens is 242 g/mol. The van der Waals surface area contributed by atoms with Gasteiger partial charge in [-0.2, -0.15) is 0 Å². The summed E-state index contributed by atoms with van der Waals surface area (Å²) in [4.78, 5) is 5.29. The van der Waals surface area contributed by atoms with E-state index >= 15 is 0 Å². The minimum atomic E-state index is -0.741. The quantitative estimate of drug-likeness (QED) is 0.568. The molecule has 0 spiro atoms. The van der Waals surface area contributed by atoms with E-state index in [9.17, 15) is 8.78 Å². The maximum atomic E-state index is 13.6. The Bertz CT molecular complexity index is 414. The first kappa shape index (κ1) is 14.3. The Morgan fingerprint density at radius 2 is 2.22 bits per heavy atom. The van der Waals surface area contributed by atoms with Crippen molar-refractivity contribution < 1.29 is 13.5 Å². The lowest BCUT2D eigenvalue weighted by Gasteiger charge is -2.23. The van der Waals surface area contributed by atoms with Gasteiger partial charge in [-0.15, -0.1) is 0 Å². The van der Waals surface area contributed by atoms with Crippen LogP contribution in [0.1, 0.15) is 6.42 Å². The fourth-order valence-electron chi connectivity index (χ4n) is 1.42. The summed E-state index contributed by atoms with van der Waals surface area (Å²) in [5, 5.41) is 7.16. The molecule has 18 heavy (non-hydrogen) atoms. The Labute approximate surface area is 104 Å². The molecule has 0 aliphatic rings. The van der Waals surface area contributed by atoms with Crippen molar-refractivity contribution in [3.63, 3.8) is 0 Å². The van der Waals surface area contributed by atoms with Crippen molar-refractivity contribution in [2.24, 2.45) is 5.73 Å². The molecule has 0 aromatic carbocycles. The number of hydrogen-bond donors (Lipinski definition) is 2. The summed E-state index contributed by atoms with van der Waals surface area (Å²) in [6.07, 6.45) is 1.23. The fourth-order valence-corrected chi connectivity index (χ4v) is 1.42. The van der Waals surface area contributed by atoms with Gasteiger partial charge in [0.15, 0.2) is 11.6 Å². The van der Waals surface area contributed by atoms with Crippen LogP contribution in [0, 0.1) is 17.0 Å². The molecule has 0 bridgehead atoms. The number of ether oxygens (including phenoxy) is 1. The predicted molar refractivity (Wildman–Crippen MR) is 64.8 cm³/mol. The molecule has 7 heteroatoms. The number of nitrogens with zero attached hydrogens (tertiary/aromatic N) is 2. The number of amidine groups is 1. The fraction of sp³-hybridized carbons (Fsp3) is 0.455. The van der Waals surface area contributed by atoms with Crippen LogP contribution < -0.4 is 10.6 Å². The van der Waals surface area contributed by atoms with Gasteiger partial charge in [-0.25, -0.2) is 13.8 Å². The highest BCUT2D eigenvalue weighted by atomic mass is 19.1. The molecule has 0 amide bonds. The van der Waals surface area contributed by atoms with Crippen LogP contribution in [0.5, 0.6) is 0 Å². The number of pyridine rings is 1. The van der Waals surface area contributed by atoms with Crippen LogP contribution in [0.2, 0.25) is 0 Å². The lowest BCUT2D eigenvalue weighted by Crippen LogP contribution is -2.32. The van der Waals surface area contributed by atoms with E-state index in [1.807, 2.05) is 0 Å². The van der Waals surface area contributed by atoms with E-state index in [-0.39, 0.29) is 18.1 Å². The maximum Gasteiger partial charge on any atom is 0.168 e. The van der Waals surface area contributed by atoms with E-state index in [1.54, 1.807) is 4.90 Å². The highest BCUT2D eigenvalue weighted by molar-refractivity contribution is 5.77. The summed E-state index contributed by atoms with van der Waals surface area (Å²) in [7, 11) is 1.53. The molecule has 0 fully saturated rings. The van der Waals surface area contributed by atoms with Crippen molar-refractivity contribution in [2.75, 3.05) is 31.7 Å². The Hall–Kier alpha value is -1.76. The van der Waals surface area contributed by atoms with Gasteiger partial charge < -0.3 is 15.4 Å². The molecular formula is C11H16F2N4O. The number of nitrogens with one attached hydrogen (secondary N) is 1. The summed E-state index contributed by atoms with van der Waals surface area (Å²) in [6, 6.07) is 0.774. The van der Waals surface area contributed by atoms with E-state index in [1.165, 1.54) is 7.11 Å². The molecule has 1 aromatic rings. The van der Waals surface area contributed by atoms with Crippen LogP contribution in [-0.4, -0.2) is 37.6 Å². The molecule has 0 aliphatic heterocycles. The first-order valence-electron chi connectivity index (χ1n) is 5.42. The summed E-state index contributed by atoms with van der Waals surface area (Å²) in [5.74, 6) is -1.43. The van der Waals surface area contributed by atoms with Crippen molar-refractivity contribution in [1.82, 2.24) is 4.98 Å². The van der Waals surface area contributed by atoms with Gasteiger partial charge in [-0.1, -0.05) is 0 Å². The average Bonchev–Trinajstić information content (AvgIpc) is 2.30. The van der Waals surface area contributed by atoms with Crippen LogP contribution in [0.25, 0.3) is 0 Å². The predicted octanol–water partition coefficient (Wildman–Crippen LogP) is 1.14. The zero-order chi connectivity index (χ0) is 13.5. The van der Waals surface area contributed by atoms with Gasteiger partial charge in [-0.05, 0) is 0 Å². The normalized spacial score (nSPS) is 10.4. The molecule has 0 aliphatic carbocycles. The first-order chi connectivity index (χ1) is 8.54. The van der Waals surface area contributed by atoms with Crippen molar-refractivity contribution in [2.45, 2.75) is 6.42 Å². The Morgan fingerprint density at radius 3 is 2.78 bits per heavy atom. The minimum absolute atomic E-state index is 0.0000586. The smallest absolute Gasteiger partial charge is 0.168 e. The van der Waals surface area contributed by atoms with Gasteiger partial charge in [0.1, 0.15) is 5.82 Å². The second-order valence-corrected chi connectivity index (χ2v) is 3.71. The number of rotatable bonds is 7. The van der Waals surface area contributed by atoms with Crippen LogP contribution in [0.15, 0.2) is 12.3 Å². The lowest BCUT2D eigenvalue weighted by molar-refractivity contribution is 0.205. The van der Waals surface area contributed by atoms with E-state index in [2.05, 4.69) is 4.98 Å². The number of aromatic nitrogens is 1. The van der Waals surface area contributed by atoms with E-state index < -0.39 is 11.6 Å². The van der Waals surface area contributed by atoms with Crippen molar-refractivity contribution in [3.05, 3.63) is 23.9 Å². The third kappa shape index (κ3) is 4.25. The lowest BCUT2D eigenvalue weighted by atomic mass is 10.3. The molecule has 0 unspecified atom stereocenters. The molecule has 3 N–H and O–H groups in total. The molecule has 0 saturated heterocycles. The minimum Gasteiger partial charge on any atom is -0.388 e. The largest absolute Gasteiger partial charge is 0.388 e. The Kier molecular flexibility index (Phi) is 5.44. The second kappa shape index (κ2) is 6.85. The zero-order valence-electron chi connectivity index (χ0n) is 10.1. The van der Waals surface area contributed by atoms with Gasteiger partial charge in [0.25, 0.3) is 0 Å². The van der Waals surface area contributed by atoms with Gasteiger partial charge in [0, 0.05) is 32.7 Å². The summed E-state index contributed by atoms with van der Waals surface area (Å²) < 4.78 is 31.3. The molecule has 1 rings (SSSR count). The van der Waals surface area contributed by atoms with E-state index in [4.69, 9.17) is 15.9 Å². The number of hydrogen-bond acceptors (Lipinski definition) is 4. The molecule has 0 saturated carbocycles. The van der Waals surface area contributed by atoms with Crippen LogP contribution in [0.3, 0.4) is 0 Å². The van der Waals surface area contributed by atoms with Gasteiger partial charge in [-0.3, -0.25) is 5.41 Å². The van der Waals surface area contributed by atoms with Gasteiger partial charge >= 0.3 is 0 Å². The van der Waals surface area contributed by atoms with Gasteiger partial charge in [0.2, 0.25) is 0 Å². The monoisotopic (exact) mass is 258 g/mol. The maximum absolute atomic E-state index is 13.6. The highest BCUT2D eigenvalue weighted by Crippen LogP contribution is 2.16. The van der Waals surface area contributed by atoms with Crippen molar-refractivity contribution >= 4 is 11.7 Å². The third-order valence-corrected chi connectivity index (χ3v) is 2.30. The number of anilines is 1. The van der Waals surface area contributed by atoms with Crippen LogP contribution in [-0.2, 0) is 4.74 Å². The number of nitrogens with two attached hydrogens (primary N) is 1. The zero-order valence-corrected chi connectivity index (χ0v) is 10.1. The van der Waals surface area contributed by atoms with Crippen molar-refractivity contribution in [3.8, 4) is 0 Å². The van der Waals surface area contributed by atoms with Crippen molar-refractivity contribution in [1.29, 1.82) is 5.41 Å². The molecule has 0 atom stereocenters. The Balaban J connectivity index is 2.82. The molecule has 0 radical (unpaired) electrons. The number of methoxy groups -OCH3 is 1. The molecule has 1 aromatic heterocycles.